The van der Waals surface area contributed by atoms with Gasteiger partial charge in [0.15, 0.2) is 0 Å². The number of anilines is 1. The number of para-hydroxylation sites is 1. The molecule has 0 fully saturated rings. The summed E-state index contributed by atoms with van der Waals surface area (Å²) in [6.45, 7) is 6.70. The van der Waals surface area contributed by atoms with Crippen molar-refractivity contribution in [2.24, 2.45) is 0 Å². The van der Waals surface area contributed by atoms with E-state index in [2.05, 4.69) is 12.2 Å². The van der Waals surface area contributed by atoms with Gasteiger partial charge in [-0.15, -0.1) is 11.3 Å². The largest absolute Gasteiger partial charge is 0.383 e. The zero-order valence-corrected chi connectivity index (χ0v) is 17.5. The fourth-order valence-electron chi connectivity index (χ4n) is 3.20. The monoisotopic (exact) mass is 399 g/mol. The summed E-state index contributed by atoms with van der Waals surface area (Å²) in [6.07, 6.45) is 1.59. The van der Waals surface area contributed by atoms with E-state index in [9.17, 15) is 9.59 Å². The molecule has 2 aromatic heterocycles. The minimum Gasteiger partial charge on any atom is -0.383 e. The van der Waals surface area contributed by atoms with E-state index in [1.807, 2.05) is 38.1 Å². The number of nitrogens with one attached hydrogen (secondary N) is 1. The molecule has 7 heteroatoms. The third-order valence-corrected chi connectivity index (χ3v) is 5.91. The number of rotatable bonds is 7. The number of aryl methyl sites for hydroxylation is 3. The normalized spacial score (nSPS) is 11.1. The van der Waals surface area contributed by atoms with Crippen molar-refractivity contribution in [3.63, 3.8) is 0 Å². The molecule has 1 aromatic carbocycles. The van der Waals surface area contributed by atoms with Crippen LogP contribution in [-0.4, -0.2) is 29.2 Å². The zero-order valence-electron chi connectivity index (χ0n) is 16.7. The molecule has 3 rings (SSSR count). The van der Waals surface area contributed by atoms with Gasteiger partial charge >= 0.3 is 0 Å². The van der Waals surface area contributed by atoms with E-state index in [1.54, 1.807) is 11.7 Å². The lowest BCUT2D eigenvalue weighted by Gasteiger charge is -2.11. The van der Waals surface area contributed by atoms with Gasteiger partial charge in [-0.1, -0.05) is 25.1 Å². The lowest BCUT2D eigenvalue weighted by molar-refractivity contribution is 0.103. The smallest absolute Gasteiger partial charge is 0.266 e. The Morgan fingerprint density at radius 3 is 2.71 bits per heavy atom. The summed E-state index contributed by atoms with van der Waals surface area (Å²) in [5.74, 6) is 0.527. The van der Waals surface area contributed by atoms with Gasteiger partial charge in [-0.25, -0.2) is 4.98 Å². The number of methoxy groups -OCH3 is 1. The Morgan fingerprint density at radius 2 is 2.04 bits per heavy atom. The molecular weight excluding hydrogens is 374 g/mol. The van der Waals surface area contributed by atoms with Gasteiger partial charge in [0.1, 0.15) is 10.7 Å². The van der Waals surface area contributed by atoms with E-state index in [0.717, 1.165) is 23.5 Å². The Kier molecular flexibility index (Phi) is 6.26. The first-order valence-electron chi connectivity index (χ1n) is 9.36. The fourth-order valence-corrected chi connectivity index (χ4v) is 4.28. The van der Waals surface area contributed by atoms with E-state index in [0.29, 0.717) is 40.2 Å². The first-order chi connectivity index (χ1) is 13.5. The predicted molar refractivity (Wildman–Crippen MR) is 114 cm³/mol. The number of nitrogens with zero attached hydrogens (tertiary/aromatic N) is 2. The van der Waals surface area contributed by atoms with E-state index in [-0.39, 0.29) is 11.5 Å². The lowest BCUT2D eigenvalue weighted by atomic mass is 10.1. The molecule has 148 valence electrons. The Bertz CT molecular complexity index is 1070. The molecule has 0 spiro atoms. The van der Waals surface area contributed by atoms with Crippen molar-refractivity contribution in [2.75, 3.05) is 19.0 Å². The molecule has 0 aliphatic carbocycles. The number of carbonyl (C=O) groups excluding carboxylic acids is 1. The second-order valence-electron chi connectivity index (χ2n) is 6.73. The number of carbonyl (C=O) groups is 1. The molecule has 0 bridgehead atoms. The molecule has 0 aliphatic rings. The number of hydrogen-bond donors (Lipinski definition) is 1. The molecule has 28 heavy (non-hydrogen) atoms. The number of ether oxygens (including phenoxy) is 1. The summed E-state index contributed by atoms with van der Waals surface area (Å²) in [6, 6.07) is 7.62. The molecule has 0 saturated carbocycles. The zero-order chi connectivity index (χ0) is 20.3. The maximum atomic E-state index is 13.1. The van der Waals surface area contributed by atoms with Crippen molar-refractivity contribution in [3.8, 4) is 0 Å². The van der Waals surface area contributed by atoms with Gasteiger partial charge in [-0.3, -0.25) is 14.2 Å². The van der Waals surface area contributed by atoms with E-state index in [4.69, 9.17) is 9.72 Å². The van der Waals surface area contributed by atoms with Crippen LogP contribution in [0.3, 0.4) is 0 Å². The number of aromatic nitrogens is 2. The Balaban J connectivity index is 2.07. The molecule has 2 heterocycles. The molecular formula is C21H25N3O3S. The molecule has 0 unspecified atom stereocenters. The van der Waals surface area contributed by atoms with Crippen LogP contribution < -0.4 is 10.9 Å². The number of hydrogen-bond acceptors (Lipinski definition) is 5. The first kappa shape index (κ1) is 20.2. The van der Waals surface area contributed by atoms with Gasteiger partial charge in [0, 0.05) is 19.2 Å². The molecule has 1 N–H and O–H groups in total. The quantitative estimate of drug-likeness (QED) is 0.653. The SMILES string of the molecule is CCCc1nc2sc(C(=O)Nc3ccccc3C)c(C)c2c(=O)n1CCOC. The van der Waals surface area contributed by atoms with Crippen LogP contribution in [0.25, 0.3) is 10.2 Å². The summed E-state index contributed by atoms with van der Waals surface area (Å²) in [4.78, 5) is 31.9. The highest BCUT2D eigenvalue weighted by atomic mass is 32.1. The summed E-state index contributed by atoms with van der Waals surface area (Å²) in [5, 5.41) is 3.48. The molecule has 0 radical (unpaired) electrons. The van der Waals surface area contributed by atoms with Crippen molar-refractivity contribution in [1.82, 2.24) is 9.55 Å². The van der Waals surface area contributed by atoms with Crippen LogP contribution in [0.5, 0.6) is 0 Å². The Hall–Kier alpha value is -2.51. The van der Waals surface area contributed by atoms with Crippen LogP contribution in [0, 0.1) is 13.8 Å². The van der Waals surface area contributed by atoms with Crippen LogP contribution in [0.15, 0.2) is 29.1 Å². The average molecular weight is 400 g/mol. The van der Waals surface area contributed by atoms with Gasteiger partial charge in [0.2, 0.25) is 0 Å². The lowest BCUT2D eigenvalue weighted by Crippen LogP contribution is -2.27. The summed E-state index contributed by atoms with van der Waals surface area (Å²) in [7, 11) is 1.61. The van der Waals surface area contributed by atoms with Crippen molar-refractivity contribution in [1.29, 1.82) is 0 Å². The maximum absolute atomic E-state index is 13.1. The maximum Gasteiger partial charge on any atom is 0.266 e. The molecule has 6 nitrogen and oxygen atoms in total. The first-order valence-corrected chi connectivity index (χ1v) is 10.2. The van der Waals surface area contributed by atoms with Crippen molar-refractivity contribution in [2.45, 2.75) is 40.2 Å². The summed E-state index contributed by atoms with van der Waals surface area (Å²) in [5.41, 5.74) is 2.33. The predicted octanol–water partition coefficient (Wildman–Crippen LogP) is 3.93. The second-order valence-corrected chi connectivity index (χ2v) is 7.73. The van der Waals surface area contributed by atoms with Gasteiger partial charge < -0.3 is 10.1 Å². The van der Waals surface area contributed by atoms with Gasteiger partial charge in [-0.2, -0.15) is 0 Å². The fraction of sp³-hybridized carbons (Fsp3) is 0.381. The molecule has 0 atom stereocenters. The van der Waals surface area contributed by atoms with Crippen LogP contribution >= 0.6 is 11.3 Å². The molecule has 0 saturated heterocycles. The molecule has 0 aliphatic heterocycles. The summed E-state index contributed by atoms with van der Waals surface area (Å²) < 4.78 is 6.83. The average Bonchev–Trinajstić information content (AvgIpc) is 3.00. The van der Waals surface area contributed by atoms with E-state index >= 15 is 0 Å². The number of fused-ring (bicyclic) bond motifs is 1. The van der Waals surface area contributed by atoms with Crippen molar-refractivity contribution in [3.05, 3.63) is 56.4 Å². The minimum absolute atomic E-state index is 0.103. The van der Waals surface area contributed by atoms with E-state index in [1.165, 1.54) is 11.3 Å². The Labute approximate surface area is 168 Å². The van der Waals surface area contributed by atoms with Crippen LogP contribution in [0.1, 0.15) is 40.0 Å². The van der Waals surface area contributed by atoms with Gasteiger partial charge in [-0.05, 0) is 37.5 Å². The standard InChI is InChI=1S/C21H25N3O3S/c1-5-8-16-23-20-17(21(26)24(16)11-12-27-4)14(3)18(28-20)19(25)22-15-10-7-6-9-13(15)2/h6-7,9-10H,5,8,11-12H2,1-4H3,(H,22,25). The minimum atomic E-state index is -0.213. The highest BCUT2D eigenvalue weighted by Gasteiger charge is 2.21. The van der Waals surface area contributed by atoms with Crippen molar-refractivity contribution < 1.29 is 9.53 Å². The molecule has 1 amide bonds. The Morgan fingerprint density at radius 1 is 1.29 bits per heavy atom. The van der Waals surface area contributed by atoms with Crippen molar-refractivity contribution >= 4 is 33.1 Å². The third-order valence-electron chi connectivity index (χ3n) is 4.72. The number of amides is 1. The highest BCUT2D eigenvalue weighted by molar-refractivity contribution is 7.20. The number of benzene rings is 1. The van der Waals surface area contributed by atoms with Crippen LogP contribution in [0.4, 0.5) is 5.69 Å². The second kappa shape index (κ2) is 8.67. The van der Waals surface area contributed by atoms with E-state index < -0.39 is 0 Å². The third kappa shape index (κ3) is 3.86. The molecule has 3 aromatic rings. The van der Waals surface area contributed by atoms with Gasteiger partial charge in [0.05, 0.1) is 23.4 Å². The summed E-state index contributed by atoms with van der Waals surface area (Å²) >= 11 is 1.28. The van der Waals surface area contributed by atoms with Crippen LogP contribution in [0.2, 0.25) is 0 Å². The highest BCUT2D eigenvalue weighted by Crippen LogP contribution is 2.29. The van der Waals surface area contributed by atoms with Gasteiger partial charge in [0.25, 0.3) is 11.5 Å². The van der Waals surface area contributed by atoms with Crippen LogP contribution in [-0.2, 0) is 17.7 Å². The number of thiophene rings is 1. The topological polar surface area (TPSA) is 73.2 Å².